The number of aromatic nitrogens is 1. The zero-order chi connectivity index (χ0) is 11.7. The number of benzene rings is 1. The van der Waals surface area contributed by atoms with E-state index in [2.05, 4.69) is 48.6 Å². The number of rotatable bonds is 1. The molecule has 1 aliphatic rings. The van der Waals surface area contributed by atoms with Gasteiger partial charge in [-0.25, -0.2) is 4.98 Å². The smallest absolute Gasteiger partial charge is 0.129 e. The first-order chi connectivity index (χ1) is 8.33. The highest BCUT2D eigenvalue weighted by Crippen LogP contribution is 2.25. The van der Waals surface area contributed by atoms with Crippen molar-refractivity contribution in [3.05, 3.63) is 47.5 Å². The van der Waals surface area contributed by atoms with Crippen LogP contribution in [0.2, 0.25) is 0 Å². The predicted octanol–water partition coefficient (Wildman–Crippen LogP) is 3.42. The molecule has 3 rings (SSSR count). The van der Waals surface area contributed by atoms with Gasteiger partial charge in [0.1, 0.15) is 5.82 Å². The molecule has 0 radical (unpaired) electrons. The summed E-state index contributed by atoms with van der Waals surface area (Å²) in [5, 5.41) is 3.37. The fourth-order valence-corrected chi connectivity index (χ4v) is 2.21. The Hall–Kier alpha value is -1.83. The average molecular weight is 224 g/mol. The van der Waals surface area contributed by atoms with Crippen molar-refractivity contribution in [2.24, 2.45) is 0 Å². The van der Waals surface area contributed by atoms with Crippen molar-refractivity contribution in [1.29, 1.82) is 0 Å². The molecule has 17 heavy (non-hydrogen) atoms. The van der Waals surface area contributed by atoms with Crippen LogP contribution in [0.4, 0.5) is 5.82 Å². The molecule has 0 unspecified atom stereocenters. The summed E-state index contributed by atoms with van der Waals surface area (Å²) in [5.41, 5.74) is 4.86. The highest BCUT2D eigenvalue weighted by molar-refractivity contribution is 5.63. The van der Waals surface area contributed by atoms with E-state index in [1.165, 1.54) is 23.1 Å². The van der Waals surface area contributed by atoms with Crippen molar-refractivity contribution in [1.82, 2.24) is 4.98 Å². The quantitative estimate of drug-likeness (QED) is 0.803. The Bertz CT molecular complexity index is 529. The first-order valence-corrected chi connectivity index (χ1v) is 6.14. The van der Waals surface area contributed by atoms with Gasteiger partial charge in [0.2, 0.25) is 0 Å². The number of pyridine rings is 1. The van der Waals surface area contributed by atoms with Crippen molar-refractivity contribution in [3.63, 3.8) is 0 Å². The highest BCUT2D eigenvalue weighted by atomic mass is 15.0. The molecule has 1 aromatic carbocycles. The van der Waals surface area contributed by atoms with Gasteiger partial charge in [-0.1, -0.05) is 35.9 Å². The molecule has 0 bridgehead atoms. The average Bonchev–Trinajstić information content (AvgIpc) is 2.39. The van der Waals surface area contributed by atoms with Crippen molar-refractivity contribution >= 4 is 5.82 Å². The zero-order valence-corrected chi connectivity index (χ0v) is 10.0. The Kier molecular flexibility index (Phi) is 2.56. The second-order valence-corrected chi connectivity index (χ2v) is 4.60. The lowest BCUT2D eigenvalue weighted by Crippen LogP contribution is -2.13. The van der Waals surface area contributed by atoms with Crippen molar-refractivity contribution < 1.29 is 0 Å². The minimum Gasteiger partial charge on any atom is -0.370 e. The van der Waals surface area contributed by atoms with Crippen molar-refractivity contribution in [3.8, 4) is 11.3 Å². The van der Waals surface area contributed by atoms with Crippen LogP contribution in [0.3, 0.4) is 0 Å². The lowest BCUT2D eigenvalue weighted by molar-refractivity contribution is 0.818. The molecule has 2 nitrogen and oxygen atoms in total. The summed E-state index contributed by atoms with van der Waals surface area (Å²) >= 11 is 0. The van der Waals surface area contributed by atoms with Crippen LogP contribution in [0.25, 0.3) is 11.3 Å². The number of nitrogens with one attached hydrogen (secondary N) is 1. The third-order valence-electron chi connectivity index (χ3n) is 3.24. The summed E-state index contributed by atoms with van der Waals surface area (Å²) in [5.74, 6) is 1.06. The Morgan fingerprint density at radius 1 is 1.06 bits per heavy atom. The largest absolute Gasteiger partial charge is 0.370 e. The van der Waals surface area contributed by atoms with Crippen LogP contribution in [0, 0.1) is 6.92 Å². The van der Waals surface area contributed by atoms with E-state index >= 15 is 0 Å². The molecule has 0 aliphatic carbocycles. The van der Waals surface area contributed by atoms with Crippen molar-refractivity contribution in [2.45, 2.75) is 19.8 Å². The number of fused-ring (bicyclic) bond motifs is 1. The van der Waals surface area contributed by atoms with Gasteiger partial charge in [0.15, 0.2) is 0 Å². The van der Waals surface area contributed by atoms with E-state index in [1.807, 2.05) is 0 Å². The zero-order valence-electron chi connectivity index (χ0n) is 10.0. The normalized spacial score (nSPS) is 13.9. The maximum Gasteiger partial charge on any atom is 0.129 e. The fraction of sp³-hybridized carbons (Fsp3) is 0.267. The van der Waals surface area contributed by atoms with E-state index in [9.17, 15) is 0 Å². The van der Waals surface area contributed by atoms with Gasteiger partial charge >= 0.3 is 0 Å². The second-order valence-electron chi connectivity index (χ2n) is 4.60. The molecule has 2 aromatic rings. The van der Waals surface area contributed by atoms with Crippen LogP contribution in [0.1, 0.15) is 17.5 Å². The molecule has 1 aliphatic heterocycles. The van der Waals surface area contributed by atoms with E-state index in [0.717, 1.165) is 24.5 Å². The monoisotopic (exact) mass is 224 g/mol. The molecule has 0 amide bonds. The molecule has 0 spiro atoms. The van der Waals surface area contributed by atoms with E-state index in [0.29, 0.717) is 0 Å². The minimum absolute atomic E-state index is 1.04. The van der Waals surface area contributed by atoms with Gasteiger partial charge in [0, 0.05) is 12.1 Å². The summed E-state index contributed by atoms with van der Waals surface area (Å²) in [4.78, 5) is 4.70. The van der Waals surface area contributed by atoms with Gasteiger partial charge < -0.3 is 5.32 Å². The molecular formula is C15H16N2. The summed E-state index contributed by atoms with van der Waals surface area (Å²) in [7, 11) is 0. The van der Waals surface area contributed by atoms with Crippen LogP contribution < -0.4 is 5.32 Å². The summed E-state index contributed by atoms with van der Waals surface area (Å²) in [6.45, 7) is 3.14. The molecule has 1 aromatic heterocycles. The minimum atomic E-state index is 1.04. The van der Waals surface area contributed by atoms with E-state index < -0.39 is 0 Å². The molecular weight excluding hydrogens is 208 g/mol. The Morgan fingerprint density at radius 3 is 2.71 bits per heavy atom. The highest BCUT2D eigenvalue weighted by Gasteiger charge is 2.10. The predicted molar refractivity (Wildman–Crippen MR) is 71.2 cm³/mol. The van der Waals surface area contributed by atoms with Gasteiger partial charge in [0.05, 0.1) is 5.69 Å². The first-order valence-electron chi connectivity index (χ1n) is 6.14. The molecule has 2 heterocycles. The Balaban J connectivity index is 2.01. The summed E-state index contributed by atoms with van der Waals surface area (Å²) < 4.78 is 0. The van der Waals surface area contributed by atoms with Gasteiger partial charge in [-0.05, 0) is 31.4 Å². The fourth-order valence-electron chi connectivity index (χ4n) is 2.21. The van der Waals surface area contributed by atoms with Crippen molar-refractivity contribution in [2.75, 3.05) is 11.9 Å². The Morgan fingerprint density at radius 2 is 1.88 bits per heavy atom. The maximum absolute atomic E-state index is 4.70. The molecule has 2 heteroatoms. The molecule has 1 N–H and O–H groups in total. The number of aryl methyl sites for hydroxylation is 2. The third kappa shape index (κ3) is 2.03. The van der Waals surface area contributed by atoms with E-state index in [-0.39, 0.29) is 0 Å². The van der Waals surface area contributed by atoms with Crippen LogP contribution in [0.5, 0.6) is 0 Å². The molecule has 0 saturated carbocycles. The van der Waals surface area contributed by atoms with Crippen LogP contribution in [-0.2, 0) is 6.42 Å². The SMILES string of the molecule is Cc1ccc(-c2ccc3c(n2)NCCC3)cc1. The van der Waals surface area contributed by atoms with E-state index in [1.54, 1.807) is 0 Å². The standard InChI is InChI=1S/C15H16N2/c1-11-4-6-12(7-5-11)14-9-8-13-3-2-10-16-15(13)17-14/h4-9H,2-3,10H2,1H3,(H,16,17). The van der Waals surface area contributed by atoms with Crippen LogP contribution in [-0.4, -0.2) is 11.5 Å². The van der Waals surface area contributed by atoms with Gasteiger partial charge in [-0.2, -0.15) is 0 Å². The van der Waals surface area contributed by atoms with E-state index in [4.69, 9.17) is 4.98 Å². The van der Waals surface area contributed by atoms with Crippen LogP contribution >= 0.6 is 0 Å². The first kappa shape index (κ1) is 10.3. The number of hydrogen-bond donors (Lipinski definition) is 1. The lowest BCUT2D eigenvalue weighted by atomic mass is 10.0. The molecule has 0 saturated heterocycles. The topological polar surface area (TPSA) is 24.9 Å². The van der Waals surface area contributed by atoms with Gasteiger partial charge in [-0.15, -0.1) is 0 Å². The van der Waals surface area contributed by atoms with Crippen LogP contribution in [0.15, 0.2) is 36.4 Å². The maximum atomic E-state index is 4.70. The molecule has 86 valence electrons. The summed E-state index contributed by atoms with van der Waals surface area (Å²) in [6.07, 6.45) is 2.35. The Labute approximate surface area is 102 Å². The number of anilines is 1. The third-order valence-corrected chi connectivity index (χ3v) is 3.24. The number of nitrogens with zero attached hydrogens (tertiary/aromatic N) is 1. The second kappa shape index (κ2) is 4.21. The number of hydrogen-bond acceptors (Lipinski definition) is 2. The van der Waals surface area contributed by atoms with Gasteiger partial charge in [-0.3, -0.25) is 0 Å². The lowest BCUT2D eigenvalue weighted by Gasteiger charge is -2.17. The summed E-state index contributed by atoms with van der Waals surface area (Å²) in [6, 6.07) is 12.8. The molecule has 0 fully saturated rings. The molecule has 0 atom stereocenters. The van der Waals surface area contributed by atoms with Gasteiger partial charge in [0.25, 0.3) is 0 Å².